The van der Waals surface area contributed by atoms with Crippen molar-refractivity contribution in [2.45, 2.75) is 12.6 Å². The van der Waals surface area contributed by atoms with Gasteiger partial charge in [-0.1, -0.05) is 36.4 Å². The molecule has 0 saturated heterocycles. The number of nitro groups is 1. The number of para-hydroxylation sites is 1. The third kappa shape index (κ3) is 3.58. The van der Waals surface area contributed by atoms with Gasteiger partial charge in [0.1, 0.15) is 5.58 Å². The Morgan fingerprint density at radius 1 is 1.12 bits per heavy atom. The van der Waals surface area contributed by atoms with Crippen molar-refractivity contribution in [1.82, 2.24) is 9.88 Å². The molecule has 0 spiro atoms. The Labute approximate surface area is 192 Å². The number of hydrogen-bond donors (Lipinski definition) is 1. The predicted octanol–water partition coefficient (Wildman–Crippen LogP) is 4.51. The van der Waals surface area contributed by atoms with Crippen molar-refractivity contribution in [1.29, 1.82) is 0 Å². The van der Waals surface area contributed by atoms with Crippen LogP contribution in [0, 0.1) is 10.1 Å². The van der Waals surface area contributed by atoms with Gasteiger partial charge < -0.3 is 14.4 Å². The van der Waals surface area contributed by atoms with Gasteiger partial charge in [0.15, 0.2) is 11.5 Å². The van der Waals surface area contributed by atoms with Crippen molar-refractivity contribution < 1.29 is 24.0 Å². The lowest BCUT2D eigenvalue weighted by Crippen LogP contribution is -2.30. The van der Waals surface area contributed by atoms with Crippen LogP contribution in [0.1, 0.15) is 27.7 Å². The van der Waals surface area contributed by atoms with Gasteiger partial charge in [0, 0.05) is 36.5 Å². The lowest BCUT2D eigenvalue weighted by atomic mass is 9.94. The summed E-state index contributed by atoms with van der Waals surface area (Å²) in [6.07, 6.45) is 3.15. The van der Waals surface area contributed by atoms with Gasteiger partial charge >= 0.3 is 0 Å². The number of rotatable bonds is 6. The fourth-order valence-corrected chi connectivity index (χ4v) is 4.12. The molecule has 1 aliphatic rings. The number of fused-ring (bicyclic) bond motifs is 1. The molecule has 0 saturated carbocycles. The van der Waals surface area contributed by atoms with E-state index in [9.17, 15) is 24.8 Å². The van der Waals surface area contributed by atoms with Gasteiger partial charge in [-0.05, 0) is 29.3 Å². The molecule has 9 nitrogen and oxygen atoms in total. The largest absolute Gasteiger partial charge is 0.503 e. The van der Waals surface area contributed by atoms with Crippen molar-refractivity contribution in [2.24, 2.45) is 0 Å². The van der Waals surface area contributed by atoms with E-state index in [1.165, 1.54) is 29.2 Å². The molecule has 1 aliphatic heterocycles. The first-order valence-corrected chi connectivity index (χ1v) is 10.3. The second kappa shape index (κ2) is 8.28. The van der Waals surface area contributed by atoms with Crippen molar-refractivity contribution in [3.63, 3.8) is 0 Å². The molecule has 1 N–H and O–H groups in total. The molecule has 1 atom stereocenters. The average molecular weight is 455 g/mol. The van der Waals surface area contributed by atoms with Crippen LogP contribution in [0.2, 0.25) is 0 Å². The number of carbonyl (C=O) groups excluding carboxylic acids is 2. The Kier molecular flexibility index (Phi) is 5.14. The van der Waals surface area contributed by atoms with E-state index < -0.39 is 28.4 Å². The molecular weight excluding hydrogens is 438 g/mol. The Hall–Kier alpha value is -4.79. The van der Waals surface area contributed by atoms with Crippen molar-refractivity contribution in [3.8, 4) is 0 Å². The molecular formula is C25H17N3O6. The maximum atomic E-state index is 13.5. The summed E-state index contributed by atoms with van der Waals surface area (Å²) in [4.78, 5) is 42.8. The number of benzene rings is 2. The van der Waals surface area contributed by atoms with E-state index >= 15 is 0 Å². The maximum absolute atomic E-state index is 13.5. The quantitative estimate of drug-likeness (QED) is 0.257. The molecule has 2 aromatic heterocycles. The molecule has 168 valence electrons. The first kappa shape index (κ1) is 21.1. The number of nitro benzene ring substituents is 1. The highest BCUT2D eigenvalue weighted by molar-refractivity contribution is 6.16. The van der Waals surface area contributed by atoms with Crippen LogP contribution < -0.4 is 0 Å². The summed E-state index contributed by atoms with van der Waals surface area (Å²) in [7, 11) is 0. The van der Waals surface area contributed by atoms with E-state index in [2.05, 4.69) is 4.98 Å². The smallest absolute Gasteiger partial charge is 0.290 e. The highest BCUT2D eigenvalue weighted by Gasteiger charge is 2.45. The van der Waals surface area contributed by atoms with Crippen LogP contribution >= 0.6 is 0 Å². The van der Waals surface area contributed by atoms with Gasteiger partial charge in [-0.15, -0.1) is 0 Å². The summed E-state index contributed by atoms with van der Waals surface area (Å²) in [6.45, 7) is 0.0288. The Morgan fingerprint density at radius 3 is 2.68 bits per heavy atom. The Balaban J connectivity index is 1.63. The number of nitrogens with zero attached hydrogens (tertiary/aromatic N) is 3. The average Bonchev–Trinajstić information content (AvgIpc) is 3.39. The molecule has 0 unspecified atom stereocenters. The number of furan rings is 1. The minimum Gasteiger partial charge on any atom is -0.503 e. The van der Waals surface area contributed by atoms with Gasteiger partial charge in [-0.3, -0.25) is 24.7 Å². The topological polar surface area (TPSA) is 127 Å². The summed E-state index contributed by atoms with van der Waals surface area (Å²) in [6, 6.07) is 16.6. The lowest BCUT2D eigenvalue weighted by Gasteiger charge is -2.26. The number of aliphatic hydroxyl groups is 1. The van der Waals surface area contributed by atoms with E-state index in [1.54, 1.807) is 54.9 Å². The normalized spacial score (nSPS) is 15.8. The summed E-state index contributed by atoms with van der Waals surface area (Å²) < 4.78 is 5.68. The standard InChI is InChI=1S/C25H17N3O6/c29-23(20-12-16-6-1-2-9-19(16)34-20)21-22(17-7-3-8-18(11-17)28(32)33)27(25(31)24(21)30)14-15-5-4-10-26-13-15/h1-13,22,30H,14H2/t22-/m1/s1. The van der Waals surface area contributed by atoms with Gasteiger partial charge in [0.05, 0.1) is 16.5 Å². The minimum atomic E-state index is -1.06. The highest BCUT2D eigenvalue weighted by atomic mass is 16.6. The van der Waals surface area contributed by atoms with Crippen molar-refractivity contribution in [2.75, 3.05) is 0 Å². The Morgan fingerprint density at radius 2 is 1.94 bits per heavy atom. The number of Topliss-reactive ketones (excluding diaryl/α,β-unsaturated/α-hetero) is 1. The maximum Gasteiger partial charge on any atom is 0.290 e. The van der Waals surface area contributed by atoms with Crippen LogP contribution in [-0.2, 0) is 11.3 Å². The lowest BCUT2D eigenvalue weighted by molar-refractivity contribution is -0.384. The molecule has 34 heavy (non-hydrogen) atoms. The van der Waals surface area contributed by atoms with Crippen LogP contribution in [0.15, 0.2) is 94.9 Å². The zero-order valence-electron chi connectivity index (χ0n) is 17.6. The molecule has 4 aromatic rings. The van der Waals surface area contributed by atoms with Crippen LogP contribution in [0.25, 0.3) is 11.0 Å². The van der Waals surface area contributed by atoms with Gasteiger partial charge in [-0.2, -0.15) is 0 Å². The predicted molar refractivity (Wildman–Crippen MR) is 121 cm³/mol. The third-order valence-corrected chi connectivity index (χ3v) is 5.67. The molecule has 5 rings (SSSR count). The molecule has 3 heterocycles. The second-order valence-electron chi connectivity index (χ2n) is 7.79. The number of hydrogen-bond acceptors (Lipinski definition) is 7. The Bertz CT molecular complexity index is 1440. The van der Waals surface area contributed by atoms with E-state index in [0.717, 1.165) is 0 Å². The number of non-ortho nitro benzene ring substituents is 1. The SMILES string of the molecule is O=C(C1=C(O)C(=O)N(Cc2cccnc2)[C@@H]1c1cccc([N+](=O)[O-])c1)c1cc2ccccc2o1. The van der Waals surface area contributed by atoms with Gasteiger partial charge in [-0.25, -0.2) is 0 Å². The van der Waals surface area contributed by atoms with E-state index in [1.807, 2.05) is 0 Å². The van der Waals surface area contributed by atoms with Gasteiger partial charge in [0.2, 0.25) is 5.78 Å². The number of ketones is 1. The fourth-order valence-electron chi connectivity index (χ4n) is 4.12. The van der Waals surface area contributed by atoms with E-state index in [0.29, 0.717) is 22.1 Å². The number of pyridine rings is 1. The first-order valence-electron chi connectivity index (χ1n) is 10.3. The summed E-state index contributed by atoms with van der Waals surface area (Å²) in [5, 5.41) is 22.9. The number of aromatic nitrogens is 1. The monoisotopic (exact) mass is 455 g/mol. The van der Waals surface area contributed by atoms with Crippen molar-refractivity contribution in [3.05, 3.63) is 117 Å². The fraction of sp³-hybridized carbons (Fsp3) is 0.0800. The molecule has 0 bridgehead atoms. The molecule has 2 aromatic carbocycles. The zero-order chi connectivity index (χ0) is 23.8. The summed E-state index contributed by atoms with van der Waals surface area (Å²) in [5.74, 6) is -2.20. The first-order chi connectivity index (χ1) is 16.4. The molecule has 0 fully saturated rings. The molecule has 9 heteroatoms. The highest BCUT2D eigenvalue weighted by Crippen LogP contribution is 2.41. The van der Waals surface area contributed by atoms with Crippen LogP contribution in [-0.4, -0.2) is 31.6 Å². The van der Waals surface area contributed by atoms with Crippen LogP contribution in [0.3, 0.4) is 0 Å². The number of carbonyl (C=O) groups is 2. The van der Waals surface area contributed by atoms with E-state index in [4.69, 9.17) is 4.42 Å². The number of amides is 1. The molecule has 0 aliphatic carbocycles. The van der Waals surface area contributed by atoms with Crippen LogP contribution in [0.4, 0.5) is 5.69 Å². The zero-order valence-corrected chi connectivity index (χ0v) is 17.6. The van der Waals surface area contributed by atoms with Crippen molar-refractivity contribution >= 4 is 28.3 Å². The van der Waals surface area contributed by atoms with Crippen LogP contribution in [0.5, 0.6) is 0 Å². The van der Waals surface area contributed by atoms with Gasteiger partial charge in [0.25, 0.3) is 11.6 Å². The minimum absolute atomic E-state index is 0.0288. The number of aliphatic hydroxyl groups excluding tert-OH is 1. The third-order valence-electron chi connectivity index (χ3n) is 5.67. The summed E-state index contributed by atoms with van der Waals surface area (Å²) in [5.41, 5.74) is 1.06. The summed E-state index contributed by atoms with van der Waals surface area (Å²) >= 11 is 0. The van der Waals surface area contributed by atoms with E-state index in [-0.39, 0.29) is 23.6 Å². The molecule has 0 radical (unpaired) electrons. The molecule has 1 amide bonds. The second-order valence-corrected chi connectivity index (χ2v) is 7.79.